The van der Waals surface area contributed by atoms with Crippen LogP contribution >= 0.6 is 38.4 Å². The van der Waals surface area contributed by atoms with Crippen LogP contribution in [-0.2, 0) is 4.79 Å². The summed E-state index contributed by atoms with van der Waals surface area (Å²) in [5.41, 5.74) is 0. The highest BCUT2D eigenvalue weighted by Gasteiger charge is 2.25. The molecule has 1 atom stereocenters. The monoisotopic (exact) mass is 286 g/mol. The molecular formula is C8H15BrO2S2. The minimum absolute atomic E-state index is 0.105. The van der Waals surface area contributed by atoms with E-state index in [0.717, 1.165) is 0 Å². The van der Waals surface area contributed by atoms with Crippen LogP contribution in [-0.4, -0.2) is 27.1 Å². The molecule has 0 fully saturated rings. The zero-order valence-corrected chi connectivity index (χ0v) is 11.1. The molecule has 13 heavy (non-hydrogen) atoms. The highest BCUT2D eigenvalue weighted by Crippen LogP contribution is 2.26. The first kappa shape index (κ1) is 13.8. The molecule has 0 aromatic rings. The fourth-order valence-corrected chi connectivity index (χ4v) is 1.92. The maximum absolute atomic E-state index is 11.5. The Morgan fingerprint density at radius 2 is 2.23 bits per heavy atom. The normalized spacial score (nSPS) is 14.2. The molecular weight excluding hydrogens is 272 g/mol. The second-order valence-electron chi connectivity index (χ2n) is 3.34. The van der Waals surface area contributed by atoms with Crippen molar-refractivity contribution in [2.24, 2.45) is 0 Å². The van der Waals surface area contributed by atoms with E-state index in [4.69, 9.17) is 5.11 Å². The number of hydrogen-bond donors (Lipinski definition) is 2. The predicted molar refractivity (Wildman–Crippen MR) is 64.7 cm³/mol. The second kappa shape index (κ2) is 6.32. The van der Waals surface area contributed by atoms with Gasteiger partial charge in [-0.15, -0.1) is 11.7 Å². The molecule has 0 amide bonds. The van der Waals surface area contributed by atoms with Crippen molar-refractivity contribution in [3.63, 3.8) is 0 Å². The standard InChI is InChI=1S/C8H15BrO2S2/c1-8(2,9)7(11)5-6(13-12)3-4-10/h6,10,12H,3-5H2,1-2H3. The smallest absolute Gasteiger partial charge is 0.150 e. The number of thiol groups is 1. The lowest BCUT2D eigenvalue weighted by Crippen LogP contribution is -2.27. The largest absolute Gasteiger partial charge is 0.396 e. The van der Waals surface area contributed by atoms with Gasteiger partial charge in [-0.2, -0.15) is 0 Å². The van der Waals surface area contributed by atoms with Crippen LogP contribution in [0.4, 0.5) is 0 Å². The maximum atomic E-state index is 11.5. The van der Waals surface area contributed by atoms with Gasteiger partial charge in [-0.05, 0) is 20.3 Å². The highest BCUT2D eigenvalue weighted by molar-refractivity contribution is 9.10. The van der Waals surface area contributed by atoms with E-state index >= 15 is 0 Å². The number of halogens is 1. The summed E-state index contributed by atoms with van der Waals surface area (Å²) in [6.45, 7) is 3.76. The summed E-state index contributed by atoms with van der Waals surface area (Å²) in [6, 6.07) is 0. The molecule has 1 unspecified atom stereocenters. The molecule has 0 aliphatic heterocycles. The number of carbonyl (C=O) groups is 1. The molecule has 0 aliphatic carbocycles. The van der Waals surface area contributed by atoms with Gasteiger partial charge >= 0.3 is 0 Å². The Bertz CT molecular complexity index is 168. The van der Waals surface area contributed by atoms with Gasteiger partial charge in [-0.1, -0.05) is 26.7 Å². The van der Waals surface area contributed by atoms with Gasteiger partial charge in [0.2, 0.25) is 0 Å². The first-order valence-corrected chi connectivity index (χ1v) is 6.77. The molecule has 0 aromatic heterocycles. The van der Waals surface area contributed by atoms with Crippen molar-refractivity contribution in [3.05, 3.63) is 0 Å². The van der Waals surface area contributed by atoms with E-state index in [1.165, 1.54) is 10.8 Å². The molecule has 0 saturated carbocycles. The van der Waals surface area contributed by atoms with E-state index in [1.54, 1.807) is 0 Å². The second-order valence-corrected chi connectivity index (χ2v) is 6.83. The summed E-state index contributed by atoms with van der Waals surface area (Å²) in [7, 11) is 1.33. The first-order chi connectivity index (χ1) is 5.91. The zero-order chi connectivity index (χ0) is 10.5. The highest BCUT2D eigenvalue weighted by atomic mass is 79.9. The van der Waals surface area contributed by atoms with Crippen LogP contribution in [0.1, 0.15) is 26.7 Å². The van der Waals surface area contributed by atoms with Gasteiger partial charge in [0.05, 0.1) is 4.32 Å². The van der Waals surface area contributed by atoms with E-state index in [2.05, 4.69) is 27.6 Å². The molecule has 1 N–H and O–H groups in total. The Balaban J connectivity index is 4.01. The number of alkyl halides is 1. The summed E-state index contributed by atoms with van der Waals surface area (Å²) in [5, 5.41) is 8.82. The van der Waals surface area contributed by atoms with E-state index in [1.807, 2.05) is 13.8 Å². The summed E-state index contributed by atoms with van der Waals surface area (Å²) < 4.78 is -0.468. The first-order valence-electron chi connectivity index (χ1n) is 4.05. The summed E-state index contributed by atoms with van der Waals surface area (Å²) >= 11 is 7.36. The van der Waals surface area contributed by atoms with E-state index in [9.17, 15) is 4.79 Å². The summed E-state index contributed by atoms with van der Waals surface area (Å²) in [5.74, 6) is 0.146. The molecule has 78 valence electrons. The van der Waals surface area contributed by atoms with Crippen LogP contribution < -0.4 is 0 Å². The van der Waals surface area contributed by atoms with Crippen molar-refractivity contribution in [1.82, 2.24) is 0 Å². The van der Waals surface area contributed by atoms with Gasteiger partial charge in [0.1, 0.15) is 5.78 Å². The Morgan fingerprint density at radius 3 is 2.54 bits per heavy atom. The average molecular weight is 287 g/mol. The fraction of sp³-hybridized carbons (Fsp3) is 0.875. The lowest BCUT2D eigenvalue weighted by Gasteiger charge is -2.18. The molecule has 0 rings (SSSR count). The molecule has 2 nitrogen and oxygen atoms in total. The van der Waals surface area contributed by atoms with E-state index in [-0.39, 0.29) is 17.6 Å². The van der Waals surface area contributed by atoms with Gasteiger partial charge in [-0.25, -0.2) is 0 Å². The number of rotatable bonds is 6. The molecule has 0 aliphatic rings. The van der Waals surface area contributed by atoms with Crippen molar-refractivity contribution in [2.75, 3.05) is 6.61 Å². The van der Waals surface area contributed by atoms with Crippen molar-refractivity contribution < 1.29 is 9.90 Å². The number of aliphatic hydroxyl groups is 1. The van der Waals surface area contributed by atoms with E-state index in [0.29, 0.717) is 12.8 Å². The molecule has 5 heteroatoms. The van der Waals surface area contributed by atoms with Crippen molar-refractivity contribution >= 4 is 44.2 Å². The quantitative estimate of drug-likeness (QED) is 0.447. The van der Waals surface area contributed by atoms with Crippen LogP contribution in [0.3, 0.4) is 0 Å². The van der Waals surface area contributed by atoms with Gasteiger partial charge in [0.15, 0.2) is 0 Å². The average Bonchev–Trinajstić information content (AvgIpc) is 2.01. The number of hydrogen-bond acceptors (Lipinski definition) is 4. The Hall–Kier alpha value is 0.810. The minimum Gasteiger partial charge on any atom is -0.396 e. The SMILES string of the molecule is CC(C)(Br)C(=O)CC(CCO)SS. The van der Waals surface area contributed by atoms with Gasteiger partial charge in [-0.3, -0.25) is 4.79 Å². The number of ketones is 1. The lowest BCUT2D eigenvalue weighted by atomic mass is 10.0. The van der Waals surface area contributed by atoms with E-state index < -0.39 is 4.32 Å². The zero-order valence-electron chi connectivity index (χ0n) is 7.79. The van der Waals surface area contributed by atoms with Crippen molar-refractivity contribution in [2.45, 2.75) is 36.3 Å². The fourth-order valence-electron chi connectivity index (χ4n) is 0.786. The topological polar surface area (TPSA) is 37.3 Å². The van der Waals surface area contributed by atoms with Gasteiger partial charge in [0.25, 0.3) is 0 Å². The predicted octanol–water partition coefficient (Wildman–Crippen LogP) is 2.45. The molecule has 0 heterocycles. The lowest BCUT2D eigenvalue weighted by molar-refractivity contribution is -0.120. The third-order valence-corrected chi connectivity index (χ3v) is 3.71. The van der Waals surface area contributed by atoms with Gasteiger partial charge < -0.3 is 5.11 Å². The summed E-state index contributed by atoms with van der Waals surface area (Å²) in [6.07, 6.45) is 1.07. The maximum Gasteiger partial charge on any atom is 0.150 e. The van der Waals surface area contributed by atoms with Crippen LogP contribution in [0, 0.1) is 0 Å². The van der Waals surface area contributed by atoms with Crippen molar-refractivity contribution in [1.29, 1.82) is 0 Å². The van der Waals surface area contributed by atoms with Crippen LogP contribution in [0.5, 0.6) is 0 Å². The summed E-state index contributed by atoms with van der Waals surface area (Å²) in [4.78, 5) is 11.5. The molecule has 0 radical (unpaired) electrons. The number of Topliss-reactive ketones (excluding diaryl/α,β-unsaturated/α-hetero) is 1. The third-order valence-electron chi connectivity index (χ3n) is 1.68. The molecule has 0 aromatic carbocycles. The van der Waals surface area contributed by atoms with Crippen LogP contribution in [0.2, 0.25) is 0 Å². The third kappa shape index (κ3) is 5.99. The van der Waals surface area contributed by atoms with Gasteiger partial charge in [0, 0.05) is 18.3 Å². The molecule has 0 spiro atoms. The molecule has 0 bridgehead atoms. The number of carbonyl (C=O) groups excluding carboxylic acids is 1. The van der Waals surface area contributed by atoms with Crippen LogP contribution in [0.25, 0.3) is 0 Å². The van der Waals surface area contributed by atoms with Crippen LogP contribution in [0.15, 0.2) is 0 Å². The molecule has 0 saturated heterocycles. The Labute approximate surface area is 96.8 Å². The Morgan fingerprint density at radius 1 is 1.69 bits per heavy atom. The number of aliphatic hydroxyl groups excluding tert-OH is 1. The minimum atomic E-state index is -0.468. The van der Waals surface area contributed by atoms with Crippen molar-refractivity contribution in [3.8, 4) is 0 Å². The Kier molecular flexibility index (Phi) is 6.72.